The topological polar surface area (TPSA) is 88.1 Å². The fraction of sp³-hybridized carbons (Fsp3) is 0.692. The van der Waals surface area contributed by atoms with Gasteiger partial charge in [-0.05, 0) is 13.8 Å². The van der Waals surface area contributed by atoms with Gasteiger partial charge in [0.25, 0.3) is 0 Å². The Kier molecular flexibility index (Phi) is 5.40. The molecule has 0 N–H and O–H groups in total. The molecular formula is C13H21N5O3. The molecule has 2 aromatic heterocycles. The summed E-state index contributed by atoms with van der Waals surface area (Å²) in [6.45, 7) is 9.29. The summed E-state index contributed by atoms with van der Waals surface area (Å²) in [5.41, 5.74) is 0.631. The molecule has 8 heteroatoms. The van der Waals surface area contributed by atoms with Crippen LogP contribution in [0.15, 0.2) is 10.7 Å². The molecule has 0 fully saturated rings. The van der Waals surface area contributed by atoms with Crippen LogP contribution in [0.2, 0.25) is 0 Å². The summed E-state index contributed by atoms with van der Waals surface area (Å²) in [6.07, 6.45) is 1.27. The molecule has 0 saturated carbocycles. The van der Waals surface area contributed by atoms with Gasteiger partial charge in [0.1, 0.15) is 12.2 Å². The minimum absolute atomic E-state index is 0.206. The van der Waals surface area contributed by atoms with Gasteiger partial charge < -0.3 is 14.0 Å². The molecule has 0 spiro atoms. The molecule has 21 heavy (non-hydrogen) atoms. The van der Waals surface area contributed by atoms with Crippen LogP contribution in [-0.2, 0) is 16.0 Å². The SMILES string of the molecule is CCOC(OCC)c1cn(Cc2noc(C(C)C)n2)nn1. The van der Waals surface area contributed by atoms with Gasteiger partial charge in [-0.15, -0.1) is 5.10 Å². The lowest BCUT2D eigenvalue weighted by molar-refractivity contribution is -0.142. The normalized spacial score (nSPS) is 11.7. The van der Waals surface area contributed by atoms with Crippen LogP contribution in [0.4, 0.5) is 0 Å². The Morgan fingerprint density at radius 1 is 1.24 bits per heavy atom. The van der Waals surface area contributed by atoms with E-state index in [9.17, 15) is 0 Å². The van der Waals surface area contributed by atoms with Gasteiger partial charge in [0.05, 0.1) is 6.20 Å². The summed E-state index contributed by atoms with van der Waals surface area (Å²) in [5.74, 6) is 1.39. The van der Waals surface area contributed by atoms with Gasteiger partial charge in [-0.1, -0.05) is 24.2 Å². The summed E-state index contributed by atoms with van der Waals surface area (Å²) in [6, 6.07) is 0. The first kappa shape index (κ1) is 15.6. The summed E-state index contributed by atoms with van der Waals surface area (Å²) >= 11 is 0. The molecule has 0 aromatic carbocycles. The molecule has 0 aliphatic carbocycles. The predicted molar refractivity (Wildman–Crippen MR) is 73.5 cm³/mol. The number of nitrogens with zero attached hydrogens (tertiary/aromatic N) is 5. The molecule has 2 aromatic rings. The van der Waals surface area contributed by atoms with Crippen LogP contribution < -0.4 is 0 Å². The van der Waals surface area contributed by atoms with E-state index in [1.165, 1.54) is 0 Å². The van der Waals surface area contributed by atoms with Gasteiger partial charge >= 0.3 is 0 Å². The maximum absolute atomic E-state index is 5.48. The molecule has 2 rings (SSSR count). The van der Waals surface area contributed by atoms with E-state index in [2.05, 4.69) is 20.5 Å². The number of ether oxygens (including phenoxy) is 2. The Labute approximate surface area is 123 Å². The van der Waals surface area contributed by atoms with Crippen LogP contribution in [0, 0.1) is 0 Å². The third-order valence-electron chi connectivity index (χ3n) is 2.72. The largest absolute Gasteiger partial charge is 0.347 e. The maximum atomic E-state index is 5.48. The first-order chi connectivity index (χ1) is 10.1. The second-order valence-corrected chi connectivity index (χ2v) is 4.79. The van der Waals surface area contributed by atoms with Crippen LogP contribution in [0.3, 0.4) is 0 Å². The molecule has 8 nitrogen and oxygen atoms in total. The molecular weight excluding hydrogens is 274 g/mol. The summed E-state index contributed by atoms with van der Waals surface area (Å²) in [7, 11) is 0. The number of aromatic nitrogens is 5. The minimum atomic E-state index is -0.495. The Morgan fingerprint density at radius 3 is 2.52 bits per heavy atom. The van der Waals surface area contributed by atoms with Crippen molar-refractivity contribution in [1.82, 2.24) is 25.1 Å². The Bertz CT molecular complexity index is 546. The summed E-state index contributed by atoms with van der Waals surface area (Å²) in [4.78, 5) is 4.30. The van der Waals surface area contributed by atoms with E-state index in [1.54, 1.807) is 10.9 Å². The molecule has 0 radical (unpaired) electrons. The van der Waals surface area contributed by atoms with Crippen molar-refractivity contribution in [3.05, 3.63) is 23.6 Å². The number of hydrogen-bond acceptors (Lipinski definition) is 7. The Morgan fingerprint density at radius 2 is 1.95 bits per heavy atom. The molecule has 0 aliphatic heterocycles. The number of hydrogen-bond donors (Lipinski definition) is 0. The highest BCUT2D eigenvalue weighted by molar-refractivity contribution is 4.97. The minimum Gasteiger partial charge on any atom is -0.347 e. The van der Waals surface area contributed by atoms with Crippen LogP contribution in [-0.4, -0.2) is 38.3 Å². The smallest absolute Gasteiger partial charge is 0.229 e. The van der Waals surface area contributed by atoms with Crippen LogP contribution in [0.1, 0.15) is 57.3 Å². The third kappa shape index (κ3) is 4.08. The molecule has 0 bridgehead atoms. The van der Waals surface area contributed by atoms with E-state index in [1.807, 2.05) is 27.7 Å². The van der Waals surface area contributed by atoms with Gasteiger partial charge in [0, 0.05) is 19.1 Å². The van der Waals surface area contributed by atoms with Crippen LogP contribution >= 0.6 is 0 Å². The van der Waals surface area contributed by atoms with E-state index in [4.69, 9.17) is 14.0 Å². The van der Waals surface area contributed by atoms with Crippen molar-refractivity contribution in [2.75, 3.05) is 13.2 Å². The van der Waals surface area contributed by atoms with Crippen molar-refractivity contribution < 1.29 is 14.0 Å². The van der Waals surface area contributed by atoms with Crippen LogP contribution in [0.25, 0.3) is 0 Å². The van der Waals surface area contributed by atoms with E-state index >= 15 is 0 Å². The van der Waals surface area contributed by atoms with Gasteiger partial charge in [-0.2, -0.15) is 4.98 Å². The lowest BCUT2D eigenvalue weighted by Gasteiger charge is -2.13. The van der Waals surface area contributed by atoms with Gasteiger partial charge in [0.2, 0.25) is 12.2 Å². The van der Waals surface area contributed by atoms with Gasteiger partial charge in [0.15, 0.2) is 5.82 Å². The van der Waals surface area contributed by atoms with Crippen molar-refractivity contribution in [3.8, 4) is 0 Å². The van der Waals surface area contributed by atoms with Crippen molar-refractivity contribution in [2.45, 2.75) is 46.4 Å². The molecule has 116 valence electrons. The molecule has 0 saturated heterocycles. The van der Waals surface area contributed by atoms with E-state index < -0.39 is 6.29 Å². The molecule has 0 aliphatic rings. The van der Waals surface area contributed by atoms with E-state index in [-0.39, 0.29) is 5.92 Å². The first-order valence-corrected chi connectivity index (χ1v) is 7.09. The molecule has 0 amide bonds. The highest BCUT2D eigenvalue weighted by atomic mass is 16.7. The monoisotopic (exact) mass is 295 g/mol. The number of rotatable bonds is 8. The molecule has 2 heterocycles. The molecule has 0 atom stereocenters. The van der Waals surface area contributed by atoms with E-state index in [0.717, 1.165) is 0 Å². The standard InChI is InChI=1S/C13H21N5O3/c1-5-19-13(20-6-2)10-7-18(17-15-10)8-11-14-12(9(3)4)21-16-11/h7,9,13H,5-6,8H2,1-4H3. The van der Waals surface area contributed by atoms with Crippen molar-refractivity contribution in [3.63, 3.8) is 0 Å². The Balaban J connectivity index is 2.04. The zero-order valence-corrected chi connectivity index (χ0v) is 12.8. The molecule has 0 unspecified atom stereocenters. The van der Waals surface area contributed by atoms with E-state index in [0.29, 0.717) is 37.2 Å². The lowest BCUT2D eigenvalue weighted by Crippen LogP contribution is -2.09. The highest BCUT2D eigenvalue weighted by Crippen LogP contribution is 2.16. The zero-order valence-electron chi connectivity index (χ0n) is 12.8. The van der Waals surface area contributed by atoms with Crippen molar-refractivity contribution in [1.29, 1.82) is 0 Å². The fourth-order valence-corrected chi connectivity index (χ4v) is 1.73. The van der Waals surface area contributed by atoms with Crippen molar-refractivity contribution >= 4 is 0 Å². The zero-order chi connectivity index (χ0) is 15.2. The summed E-state index contributed by atoms with van der Waals surface area (Å²) in [5, 5.41) is 12.0. The first-order valence-electron chi connectivity index (χ1n) is 7.09. The van der Waals surface area contributed by atoms with Crippen LogP contribution in [0.5, 0.6) is 0 Å². The predicted octanol–water partition coefficient (Wildman–Crippen LogP) is 1.90. The second-order valence-electron chi connectivity index (χ2n) is 4.79. The summed E-state index contributed by atoms with van der Waals surface area (Å²) < 4.78 is 17.8. The Hall–Kier alpha value is -1.80. The fourth-order valence-electron chi connectivity index (χ4n) is 1.73. The lowest BCUT2D eigenvalue weighted by atomic mass is 10.2. The van der Waals surface area contributed by atoms with Gasteiger partial charge in [-0.25, -0.2) is 4.68 Å². The second kappa shape index (κ2) is 7.28. The third-order valence-corrected chi connectivity index (χ3v) is 2.72. The average molecular weight is 295 g/mol. The van der Waals surface area contributed by atoms with Crippen molar-refractivity contribution in [2.24, 2.45) is 0 Å². The quantitative estimate of drug-likeness (QED) is 0.687. The van der Waals surface area contributed by atoms with Gasteiger partial charge in [-0.3, -0.25) is 0 Å². The highest BCUT2D eigenvalue weighted by Gasteiger charge is 2.17. The average Bonchev–Trinajstić information content (AvgIpc) is 3.08. The maximum Gasteiger partial charge on any atom is 0.229 e.